The number of aromatic nitrogens is 1. The quantitative estimate of drug-likeness (QED) is 0.897. The summed E-state index contributed by atoms with van der Waals surface area (Å²) in [5.41, 5.74) is 7.53. The van der Waals surface area contributed by atoms with Gasteiger partial charge in [-0.1, -0.05) is 0 Å². The standard InChI is InChI=1S/C12H15N3O.2ClH/c13-12(5-6-12)10-4-3-9(7-14-10)15-11(16)8-1-2-8;;/h3-4,7-8H,1-2,5-6,13H2,(H,15,16);2*1H. The third kappa shape index (κ3) is 3.13. The van der Waals surface area contributed by atoms with Crippen molar-refractivity contribution >= 4 is 36.4 Å². The van der Waals surface area contributed by atoms with E-state index in [2.05, 4.69) is 10.3 Å². The number of nitrogens with two attached hydrogens (primary N) is 1. The van der Waals surface area contributed by atoms with E-state index in [-0.39, 0.29) is 42.2 Å². The minimum atomic E-state index is -0.195. The highest BCUT2D eigenvalue weighted by Crippen LogP contribution is 2.41. The van der Waals surface area contributed by atoms with Crippen molar-refractivity contribution in [3.05, 3.63) is 24.0 Å². The summed E-state index contributed by atoms with van der Waals surface area (Å²) in [5.74, 6) is 0.340. The highest BCUT2D eigenvalue weighted by molar-refractivity contribution is 5.93. The number of nitrogens with one attached hydrogen (secondary N) is 1. The van der Waals surface area contributed by atoms with E-state index in [4.69, 9.17) is 5.73 Å². The van der Waals surface area contributed by atoms with Crippen LogP contribution in [0.25, 0.3) is 0 Å². The van der Waals surface area contributed by atoms with Crippen LogP contribution in [0, 0.1) is 5.92 Å². The molecule has 1 aromatic rings. The summed E-state index contributed by atoms with van der Waals surface area (Å²) in [7, 11) is 0. The van der Waals surface area contributed by atoms with E-state index in [9.17, 15) is 4.79 Å². The van der Waals surface area contributed by atoms with Gasteiger partial charge in [0.25, 0.3) is 0 Å². The molecule has 0 aromatic carbocycles. The fourth-order valence-electron chi connectivity index (χ4n) is 1.74. The first kappa shape index (κ1) is 15.2. The van der Waals surface area contributed by atoms with E-state index < -0.39 is 0 Å². The molecule has 1 aromatic heterocycles. The van der Waals surface area contributed by atoms with Crippen LogP contribution in [0.3, 0.4) is 0 Å². The Bertz CT molecular complexity index is 427. The molecule has 1 amide bonds. The van der Waals surface area contributed by atoms with Crippen molar-refractivity contribution in [1.82, 2.24) is 4.98 Å². The number of amides is 1. The van der Waals surface area contributed by atoms with Gasteiger partial charge in [-0.3, -0.25) is 9.78 Å². The highest BCUT2D eigenvalue weighted by Gasteiger charge is 2.41. The van der Waals surface area contributed by atoms with Crippen LogP contribution < -0.4 is 11.1 Å². The van der Waals surface area contributed by atoms with Gasteiger partial charge >= 0.3 is 0 Å². The molecule has 100 valence electrons. The number of hydrogen-bond donors (Lipinski definition) is 2. The molecule has 2 saturated carbocycles. The number of rotatable bonds is 3. The van der Waals surface area contributed by atoms with E-state index in [0.29, 0.717) is 0 Å². The lowest BCUT2D eigenvalue weighted by molar-refractivity contribution is -0.117. The third-order valence-electron chi connectivity index (χ3n) is 3.28. The Hall–Kier alpha value is -0.840. The number of hydrogen-bond acceptors (Lipinski definition) is 3. The zero-order valence-electron chi connectivity index (χ0n) is 9.89. The molecule has 2 aliphatic rings. The van der Waals surface area contributed by atoms with Gasteiger partial charge in [-0.15, -0.1) is 24.8 Å². The number of anilines is 1. The molecule has 18 heavy (non-hydrogen) atoms. The second-order valence-corrected chi connectivity index (χ2v) is 4.85. The molecule has 3 N–H and O–H groups in total. The van der Waals surface area contributed by atoms with Crippen LogP contribution in [0.5, 0.6) is 0 Å². The number of pyridine rings is 1. The van der Waals surface area contributed by atoms with Crippen molar-refractivity contribution in [2.45, 2.75) is 31.2 Å². The summed E-state index contributed by atoms with van der Waals surface area (Å²) < 4.78 is 0. The van der Waals surface area contributed by atoms with Crippen LogP contribution in [0.2, 0.25) is 0 Å². The average Bonchev–Trinajstić information content (AvgIpc) is 3.12. The van der Waals surface area contributed by atoms with E-state index in [1.54, 1.807) is 6.20 Å². The molecule has 0 unspecified atom stereocenters. The zero-order valence-corrected chi connectivity index (χ0v) is 11.5. The predicted octanol–water partition coefficient (Wildman–Crippen LogP) is 2.22. The summed E-state index contributed by atoms with van der Waals surface area (Å²) in [5, 5.41) is 2.86. The minimum Gasteiger partial charge on any atom is -0.324 e. The molecule has 3 rings (SSSR count). The van der Waals surface area contributed by atoms with Gasteiger partial charge in [0.2, 0.25) is 5.91 Å². The largest absolute Gasteiger partial charge is 0.324 e. The summed E-state index contributed by atoms with van der Waals surface area (Å²) in [4.78, 5) is 15.8. The highest BCUT2D eigenvalue weighted by atomic mass is 35.5. The van der Waals surface area contributed by atoms with Crippen LogP contribution in [-0.4, -0.2) is 10.9 Å². The van der Waals surface area contributed by atoms with E-state index in [0.717, 1.165) is 37.1 Å². The van der Waals surface area contributed by atoms with Crippen LogP contribution >= 0.6 is 24.8 Å². The van der Waals surface area contributed by atoms with Crippen molar-refractivity contribution in [2.75, 3.05) is 5.32 Å². The second kappa shape index (κ2) is 5.43. The van der Waals surface area contributed by atoms with Crippen LogP contribution in [0.4, 0.5) is 5.69 Å². The monoisotopic (exact) mass is 289 g/mol. The third-order valence-corrected chi connectivity index (χ3v) is 3.28. The summed E-state index contributed by atoms with van der Waals surface area (Å²) in [6.45, 7) is 0. The molecule has 0 atom stereocenters. The normalized spacial score (nSPS) is 19.2. The van der Waals surface area contributed by atoms with Crippen LogP contribution in [-0.2, 0) is 10.3 Å². The van der Waals surface area contributed by atoms with Crippen molar-refractivity contribution in [3.63, 3.8) is 0 Å². The lowest BCUT2D eigenvalue weighted by atomic mass is 10.2. The zero-order chi connectivity index (χ0) is 11.2. The molecule has 0 radical (unpaired) electrons. The van der Waals surface area contributed by atoms with Crippen LogP contribution in [0.15, 0.2) is 18.3 Å². The smallest absolute Gasteiger partial charge is 0.227 e. The van der Waals surface area contributed by atoms with Crippen molar-refractivity contribution < 1.29 is 4.79 Å². The molecule has 0 aliphatic heterocycles. The number of carbonyl (C=O) groups excluding carboxylic acids is 1. The van der Waals surface area contributed by atoms with Gasteiger partial charge in [-0.05, 0) is 37.8 Å². The molecule has 0 saturated heterocycles. The van der Waals surface area contributed by atoms with Gasteiger partial charge in [-0.2, -0.15) is 0 Å². The average molecular weight is 290 g/mol. The molecule has 6 heteroatoms. The van der Waals surface area contributed by atoms with Gasteiger partial charge < -0.3 is 11.1 Å². The Kier molecular flexibility index (Phi) is 4.59. The Morgan fingerprint density at radius 1 is 1.33 bits per heavy atom. The lowest BCUT2D eigenvalue weighted by Crippen LogP contribution is -2.20. The van der Waals surface area contributed by atoms with Crippen molar-refractivity contribution in [1.29, 1.82) is 0 Å². The molecule has 2 aliphatic carbocycles. The molecule has 4 nitrogen and oxygen atoms in total. The predicted molar refractivity (Wildman–Crippen MR) is 75.2 cm³/mol. The Balaban J connectivity index is 0.000000810. The first-order valence-electron chi connectivity index (χ1n) is 5.74. The van der Waals surface area contributed by atoms with Gasteiger partial charge in [0.05, 0.1) is 23.1 Å². The van der Waals surface area contributed by atoms with Crippen molar-refractivity contribution in [3.8, 4) is 0 Å². The number of carbonyl (C=O) groups is 1. The number of halogens is 2. The molecular formula is C12H17Cl2N3O. The molecule has 2 fully saturated rings. The molecular weight excluding hydrogens is 273 g/mol. The van der Waals surface area contributed by atoms with E-state index >= 15 is 0 Å². The lowest BCUT2D eigenvalue weighted by Gasteiger charge is -2.09. The fourth-order valence-corrected chi connectivity index (χ4v) is 1.74. The summed E-state index contributed by atoms with van der Waals surface area (Å²) in [6, 6.07) is 3.80. The van der Waals surface area contributed by atoms with Gasteiger partial charge in [0.1, 0.15) is 0 Å². The minimum absolute atomic E-state index is 0. The van der Waals surface area contributed by atoms with E-state index in [1.807, 2.05) is 12.1 Å². The Morgan fingerprint density at radius 3 is 2.44 bits per heavy atom. The maximum absolute atomic E-state index is 11.5. The Morgan fingerprint density at radius 2 is 2.00 bits per heavy atom. The van der Waals surface area contributed by atoms with Gasteiger partial charge in [-0.25, -0.2) is 0 Å². The SMILES string of the molecule is Cl.Cl.NC1(c2ccc(NC(=O)C3CC3)cn2)CC1. The molecule has 0 spiro atoms. The first-order chi connectivity index (χ1) is 7.67. The topological polar surface area (TPSA) is 68.0 Å². The van der Waals surface area contributed by atoms with Crippen molar-refractivity contribution in [2.24, 2.45) is 11.7 Å². The first-order valence-corrected chi connectivity index (χ1v) is 5.74. The van der Waals surface area contributed by atoms with Crippen LogP contribution in [0.1, 0.15) is 31.4 Å². The summed E-state index contributed by atoms with van der Waals surface area (Å²) >= 11 is 0. The second-order valence-electron chi connectivity index (χ2n) is 4.85. The molecule has 0 bridgehead atoms. The molecule has 1 heterocycles. The maximum Gasteiger partial charge on any atom is 0.227 e. The number of nitrogens with zero attached hydrogens (tertiary/aromatic N) is 1. The summed E-state index contributed by atoms with van der Waals surface area (Å²) in [6.07, 6.45) is 5.75. The van der Waals surface area contributed by atoms with Gasteiger partial charge in [0.15, 0.2) is 0 Å². The maximum atomic E-state index is 11.5. The fraction of sp³-hybridized carbons (Fsp3) is 0.500. The Labute approximate surface area is 119 Å². The van der Waals surface area contributed by atoms with Gasteiger partial charge in [0, 0.05) is 5.92 Å². The van der Waals surface area contributed by atoms with E-state index in [1.165, 1.54) is 0 Å².